The summed E-state index contributed by atoms with van der Waals surface area (Å²) in [5, 5.41) is 3.46. The first-order valence-corrected chi connectivity index (χ1v) is 7.00. The van der Waals surface area contributed by atoms with E-state index < -0.39 is 0 Å². The largest absolute Gasteiger partial charge is 0.378 e. The second-order valence-electron chi connectivity index (χ2n) is 5.57. The summed E-state index contributed by atoms with van der Waals surface area (Å²) >= 11 is 0. The zero-order chi connectivity index (χ0) is 13.1. The lowest BCUT2D eigenvalue weighted by atomic mass is 9.96. The van der Waals surface area contributed by atoms with E-state index in [9.17, 15) is 0 Å². The first kappa shape index (κ1) is 12.8. The maximum Gasteiger partial charge on any atom is 0.129 e. The summed E-state index contributed by atoms with van der Waals surface area (Å²) in [5.41, 5.74) is 1.05. The summed E-state index contributed by atoms with van der Waals surface area (Å²) in [6, 6.07) is 2.31. The van der Waals surface area contributed by atoms with Crippen LogP contribution in [0.5, 0.6) is 0 Å². The molecule has 5 nitrogen and oxygen atoms in total. The maximum absolute atomic E-state index is 6.03. The van der Waals surface area contributed by atoms with Gasteiger partial charge in [0, 0.05) is 13.2 Å². The molecule has 0 bridgehead atoms. The molecule has 19 heavy (non-hydrogen) atoms. The molecule has 1 aliphatic heterocycles. The molecule has 0 unspecified atom stereocenters. The van der Waals surface area contributed by atoms with Gasteiger partial charge < -0.3 is 14.8 Å². The fourth-order valence-corrected chi connectivity index (χ4v) is 3.22. The molecular formula is C14H21N3O2. The standard InChI is InChI=1S/C14H21N3O2/c1-18-8-11-6-13(16-10-15-11)17-12-7-14(19-9-12)4-2-3-5-14/h6,10,12H,2-5,7-9H2,1H3,(H,15,16,17)/t12-/m1/s1. The van der Waals surface area contributed by atoms with Crippen LogP contribution in [-0.4, -0.2) is 35.3 Å². The SMILES string of the molecule is COCc1cc(N[C@H]2COC3(CCCC3)C2)ncn1. The first-order valence-electron chi connectivity index (χ1n) is 7.00. The average molecular weight is 263 g/mol. The lowest BCUT2D eigenvalue weighted by molar-refractivity contribution is 0.0103. The summed E-state index contributed by atoms with van der Waals surface area (Å²) in [4.78, 5) is 8.43. The molecule has 1 N–H and O–H groups in total. The lowest BCUT2D eigenvalue weighted by Gasteiger charge is -2.21. The molecule has 0 aromatic carbocycles. The van der Waals surface area contributed by atoms with Gasteiger partial charge >= 0.3 is 0 Å². The minimum atomic E-state index is 0.153. The van der Waals surface area contributed by atoms with Crippen LogP contribution in [0.4, 0.5) is 5.82 Å². The van der Waals surface area contributed by atoms with Gasteiger partial charge in [0.15, 0.2) is 0 Å². The third kappa shape index (κ3) is 2.87. The van der Waals surface area contributed by atoms with Crippen molar-refractivity contribution in [1.29, 1.82) is 0 Å². The van der Waals surface area contributed by atoms with E-state index in [2.05, 4.69) is 15.3 Å². The first-order chi connectivity index (χ1) is 9.30. The van der Waals surface area contributed by atoms with Crippen LogP contribution in [0.25, 0.3) is 0 Å². The molecule has 1 aromatic rings. The molecule has 3 rings (SSSR count). The van der Waals surface area contributed by atoms with E-state index in [-0.39, 0.29) is 5.60 Å². The van der Waals surface area contributed by atoms with Crippen molar-refractivity contribution >= 4 is 5.82 Å². The van der Waals surface area contributed by atoms with Crippen molar-refractivity contribution < 1.29 is 9.47 Å². The Morgan fingerprint density at radius 2 is 2.26 bits per heavy atom. The van der Waals surface area contributed by atoms with Crippen molar-refractivity contribution in [1.82, 2.24) is 9.97 Å². The van der Waals surface area contributed by atoms with Crippen LogP contribution in [0, 0.1) is 0 Å². The Morgan fingerprint density at radius 3 is 3.05 bits per heavy atom. The van der Waals surface area contributed by atoms with Crippen molar-refractivity contribution in [3.63, 3.8) is 0 Å². The number of hydrogen-bond donors (Lipinski definition) is 1. The molecule has 0 radical (unpaired) electrons. The van der Waals surface area contributed by atoms with Gasteiger partial charge in [0.05, 0.1) is 30.6 Å². The fraction of sp³-hybridized carbons (Fsp3) is 0.714. The number of rotatable bonds is 4. The minimum absolute atomic E-state index is 0.153. The van der Waals surface area contributed by atoms with Gasteiger partial charge in [-0.25, -0.2) is 9.97 Å². The zero-order valence-electron chi connectivity index (χ0n) is 11.4. The van der Waals surface area contributed by atoms with E-state index >= 15 is 0 Å². The van der Waals surface area contributed by atoms with E-state index in [0.717, 1.165) is 24.5 Å². The quantitative estimate of drug-likeness (QED) is 0.902. The molecular weight excluding hydrogens is 242 g/mol. The molecule has 1 atom stereocenters. The Kier molecular flexibility index (Phi) is 3.66. The number of methoxy groups -OCH3 is 1. The molecule has 1 aromatic heterocycles. The van der Waals surface area contributed by atoms with Crippen LogP contribution in [0.3, 0.4) is 0 Å². The van der Waals surface area contributed by atoms with Crippen LogP contribution < -0.4 is 5.32 Å². The molecule has 1 aliphatic carbocycles. The Labute approximate surface area is 113 Å². The maximum atomic E-state index is 6.03. The zero-order valence-corrected chi connectivity index (χ0v) is 11.4. The number of aromatic nitrogens is 2. The highest BCUT2D eigenvalue weighted by atomic mass is 16.5. The van der Waals surface area contributed by atoms with Crippen molar-refractivity contribution in [3.05, 3.63) is 18.1 Å². The lowest BCUT2D eigenvalue weighted by Crippen LogP contribution is -2.25. The van der Waals surface area contributed by atoms with E-state index in [4.69, 9.17) is 9.47 Å². The van der Waals surface area contributed by atoms with Gasteiger partial charge in [0.1, 0.15) is 12.1 Å². The predicted octanol–water partition coefficient (Wildman–Crippen LogP) is 2.14. The van der Waals surface area contributed by atoms with Gasteiger partial charge in [0.25, 0.3) is 0 Å². The van der Waals surface area contributed by atoms with E-state index in [1.54, 1.807) is 13.4 Å². The Hall–Kier alpha value is -1.20. The van der Waals surface area contributed by atoms with Crippen molar-refractivity contribution in [2.75, 3.05) is 19.0 Å². The van der Waals surface area contributed by atoms with Crippen molar-refractivity contribution in [2.24, 2.45) is 0 Å². The number of nitrogens with zero attached hydrogens (tertiary/aromatic N) is 2. The normalized spacial score (nSPS) is 25.0. The third-order valence-electron chi connectivity index (χ3n) is 4.09. The topological polar surface area (TPSA) is 56.3 Å². The second kappa shape index (κ2) is 5.43. The molecule has 0 amide bonds. The number of nitrogens with one attached hydrogen (secondary N) is 1. The van der Waals surface area contributed by atoms with E-state index in [1.807, 2.05) is 6.07 Å². The Morgan fingerprint density at radius 1 is 1.42 bits per heavy atom. The van der Waals surface area contributed by atoms with Crippen LogP contribution in [0.15, 0.2) is 12.4 Å². The smallest absolute Gasteiger partial charge is 0.129 e. The van der Waals surface area contributed by atoms with Crippen molar-refractivity contribution in [2.45, 2.75) is 50.4 Å². The molecule has 2 fully saturated rings. The van der Waals surface area contributed by atoms with Gasteiger partial charge in [-0.1, -0.05) is 12.8 Å². The second-order valence-corrected chi connectivity index (χ2v) is 5.57. The number of hydrogen-bond acceptors (Lipinski definition) is 5. The molecule has 1 saturated heterocycles. The van der Waals surface area contributed by atoms with Gasteiger partial charge in [-0.3, -0.25) is 0 Å². The number of ether oxygens (including phenoxy) is 2. The molecule has 5 heteroatoms. The molecule has 104 valence electrons. The van der Waals surface area contributed by atoms with Crippen LogP contribution in [0.1, 0.15) is 37.8 Å². The summed E-state index contributed by atoms with van der Waals surface area (Å²) in [5.74, 6) is 0.866. The van der Waals surface area contributed by atoms with Crippen molar-refractivity contribution in [3.8, 4) is 0 Å². The van der Waals surface area contributed by atoms with E-state index in [1.165, 1.54) is 25.7 Å². The Bertz CT molecular complexity index is 432. The predicted molar refractivity (Wildman–Crippen MR) is 71.9 cm³/mol. The highest BCUT2D eigenvalue weighted by Crippen LogP contribution is 2.41. The summed E-state index contributed by atoms with van der Waals surface area (Å²) in [6.45, 7) is 1.30. The minimum Gasteiger partial charge on any atom is -0.378 e. The fourth-order valence-electron chi connectivity index (χ4n) is 3.22. The summed E-state index contributed by atoms with van der Waals surface area (Å²) < 4.78 is 11.1. The van der Waals surface area contributed by atoms with E-state index in [0.29, 0.717) is 12.6 Å². The highest BCUT2D eigenvalue weighted by Gasteiger charge is 2.42. The average Bonchev–Trinajstić information content (AvgIpc) is 3.02. The number of anilines is 1. The molecule has 2 heterocycles. The molecule has 2 aliphatic rings. The van der Waals surface area contributed by atoms with Crippen LogP contribution >= 0.6 is 0 Å². The molecule has 1 saturated carbocycles. The van der Waals surface area contributed by atoms with Gasteiger partial charge in [-0.2, -0.15) is 0 Å². The molecule has 1 spiro atoms. The van der Waals surface area contributed by atoms with Gasteiger partial charge in [-0.05, 0) is 19.3 Å². The summed E-state index contributed by atoms with van der Waals surface area (Å²) in [7, 11) is 1.67. The third-order valence-corrected chi connectivity index (χ3v) is 4.09. The van der Waals surface area contributed by atoms with Crippen LogP contribution in [-0.2, 0) is 16.1 Å². The highest BCUT2D eigenvalue weighted by molar-refractivity contribution is 5.36. The monoisotopic (exact) mass is 263 g/mol. The van der Waals surface area contributed by atoms with Gasteiger partial charge in [-0.15, -0.1) is 0 Å². The Balaban J connectivity index is 1.61. The van der Waals surface area contributed by atoms with Crippen LogP contribution in [0.2, 0.25) is 0 Å². The van der Waals surface area contributed by atoms with Gasteiger partial charge in [0.2, 0.25) is 0 Å². The summed E-state index contributed by atoms with van der Waals surface area (Å²) in [6.07, 6.45) is 7.71.